The van der Waals surface area contributed by atoms with E-state index in [1.165, 1.54) is 12.1 Å². The summed E-state index contributed by atoms with van der Waals surface area (Å²) in [6, 6.07) is 14.3. The number of aromatic nitrogens is 1. The molecule has 0 spiro atoms. The predicted molar refractivity (Wildman–Crippen MR) is 88.8 cm³/mol. The van der Waals surface area contributed by atoms with Gasteiger partial charge in [0.25, 0.3) is 5.69 Å². The van der Waals surface area contributed by atoms with Crippen LogP contribution in [0, 0.1) is 24.0 Å². The van der Waals surface area contributed by atoms with Crippen molar-refractivity contribution in [3.05, 3.63) is 75.7 Å². The van der Waals surface area contributed by atoms with Crippen molar-refractivity contribution >= 4 is 5.69 Å². The third-order valence-electron chi connectivity index (χ3n) is 3.71. The van der Waals surface area contributed by atoms with Crippen molar-refractivity contribution in [3.8, 4) is 16.9 Å². The Morgan fingerprint density at radius 1 is 1.17 bits per heavy atom. The fourth-order valence-electron chi connectivity index (χ4n) is 2.56. The van der Waals surface area contributed by atoms with E-state index in [9.17, 15) is 10.1 Å². The Balaban J connectivity index is 2.00. The third-order valence-corrected chi connectivity index (χ3v) is 3.71. The van der Waals surface area contributed by atoms with Crippen molar-refractivity contribution in [1.29, 1.82) is 0 Å². The summed E-state index contributed by atoms with van der Waals surface area (Å²) in [6.07, 6.45) is 0. The molecule has 0 fully saturated rings. The van der Waals surface area contributed by atoms with Crippen molar-refractivity contribution in [3.63, 3.8) is 0 Å². The molecule has 24 heavy (non-hydrogen) atoms. The smallest absolute Gasteiger partial charge is 0.270 e. The van der Waals surface area contributed by atoms with E-state index in [4.69, 9.17) is 9.26 Å². The lowest BCUT2D eigenvalue weighted by Gasteiger charge is -2.11. The highest BCUT2D eigenvalue weighted by molar-refractivity contribution is 5.75. The first-order valence-corrected chi connectivity index (χ1v) is 7.44. The van der Waals surface area contributed by atoms with Gasteiger partial charge in [0.2, 0.25) is 0 Å². The number of non-ortho nitro benzene ring substituents is 1. The van der Waals surface area contributed by atoms with E-state index in [1.54, 1.807) is 19.9 Å². The second kappa shape index (κ2) is 6.54. The van der Waals surface area contributed by atoms with Gasteiger partial charge in [-0.1, -0.05) is 35.5 Å². The van der Waals surface area contributed by atoms with Crippen LogP contribution in [0.5, 0.6) is 5.75 Å². The number of nitro benzene ring substituents is 1. The lowest BCUT2D eigenvalue weighted by Crippen LogP contribution is -1.98. The van der Waals surface area contributed by atoms with E-state index in [2.05, 4.69) is 5.16 Å². The topological polar surface area (TPSA) is 78.4 Å². The van der Waals surface area contributed by atoms with Gasteiger partial charge in [-0.2, -0.15) is 0 Å². The molecule has 1 aromatic heterocycles. The van der Waals surface area contributed by atoms with Gasteiger partial charge in [0.15, 0.2) is 0 Å². The number of benzene rings is 2. The van der Waals surface area contributed by atoms with Crippen LogP contribution in [0.4, 0.5) is 5.69 Å². The highest BCUT2D eigenvalue weighted by Crippen LogP contribution is 2.37. The van der Waals surface area contributed by atoms with Crippen LogP contribution in [0.15, 0.2) is 53.1 Å². The maximum absolute atomic E-state index is 11.1. The predicted octanol–water partition coefficient (Wildman–Crippen LogP) is 4.45. The van der Waals surface area contributed by atoms with Crippen LogP contribution in [0.25, 0.3) is 11.1 Å². The third kappa shape index (κ3) is 3.12. The molecule has 122 valence electrons. The molecule has 0 radical (unpaired) electrons. The summed E-state index contributed by atoms with van der Waals surface area (Å²) in [7, 11) is 0. The lowest BCUT2D eigenvalue weighted by atomic mass is 10.0. The van der Waals surface area contributed by atoms with Crippen LogP contribution in [0.1, 0.15) is 17.0 Å². The van der Waals surface area contributed by atoms with Crippen molar-refractivity contribution in [2.24, 2.45) is 0 Å². The highest BCUT2D eigenvalue weighted by Gasteiger charge is 2.19. The van der Waals surface area contributed by atoms with E-state index < -0.39 is 4.92 Å². The first kappa shape index (κ1) is 15.7. The number of ether oxygens (including phenoxy) is 1. The first-order chi connectivity index (χ1) is 11.6. The molecule has 0 N–H and O–H groups in total. The quantitative estimate of drug-likeness (QED) is 0.512. The van der Waals surface area contributed by atoms with Gasteiger partial charge >= 0.3 is 0 Å². The molecule has 0 aliphatic rings. The zero-order valence-corrected chi connectivity index (χ0v) is 13.4. The Kier molecular flexibility index (Phi) is 4.29. The summed E-state index contributed by atoms with van der Waals surface area (Å²) in [5.74, 6) is 1.15. The van der Waals surface area contributed by atoms with Crippen molar-refractivity contribution in [1.82, 2.24) is 5.16 Å². The average molecular weight is 324 g/mol. The van der Waals surface area contributed by atoms with Gasteiger partial charge in [-0.3, -0.25) is 10.1 Å². The average Bonchev–Trinajstić information content (AvgIpc) is 2.92. The van der Waals surface area contributed by atoms with Crippen molar-refractivity contribution in [2.45, 2.75) is 20.5 Å². The number of hydrogen-bond acceptors (Lipinski definition) is 5. The molecular formula is C18H16N2O4. The van der Waals surface area contributed by atoms with E-state index in [-0.39, 0.29) is 5.69 Å². The number of hydrogen-bond donors (Lipinski definition) is 0. The molecule has 0 saturated heterocycles. The molecule has 3 rings (SSSR count). The summed E-state index contributed by atoms with van der Waals surface area (Å²) in [4.78, 5) is 10.7. The number of nitro groups is 1. The zero-order valence-electron chi connectivity index (χ0n) is 13.4. The SMILES string of the molecule is Cc1noc(C)c1-c1cc([N+](=O)[O-])ccc1OCc1ccccc1. The van der Waals surface area contributed by atoms with Gasteiger partial charge in [0, 0.05) is 17.7 Å². The summed E-state index contributed by atoms with van der Waals surface area (Å²) in [5, 5.41) is 15.0. The highest BCUT2D eigenvalue weighted by atomic mass is 16.6. The monoisotopic (exact) mass is 324 g/mol. The summed E-state index contributed by atoms with van der Waals surface area (Å²) >= 11 is 0. The molecule has 6 heteroatoms. The van der Waals surface area contributed by atoms with E-state index in [0.717, 1.165) is 11.1 Å². The molecule has 1 heterocycles. The maximum Gasteiger partial charge on any atom is 0.270 e. The van der Waals surface area contributed by atoms with Crippen molar-refractivity contribution < 1.29 is 14.2 Å². The Bertz CT molecular complexity index is 852. The summed E-state index contributed by atoms with van der Waals surface area (Å²) in [5.41, 5.74) is 3.01. The molecule has 0 aliphatic heterocycles. The first-order valence-electron chi connectivity index (χ1n) is 7.44. The molecule has 2 aromatic carbocycles. The maximum atomic E-state index is 11.1. The van der Waals surface area contributed by atoms with Gasteiger partial charge in [-0.15, -0.1) is 0 Å². The fourth-order valence-corrected chi connectivity index (χ4v) is 2.56. The molecule has 3 aromatic rings. The number of aryl methyl sites for hydroxylation is 2. The number of nitrogens with zero attached hydrogens (tertiary/aromatic N) is 2. The molecule has 0 bridgehead atoms. The summed E-state index contributed by atoms with van der Waals surface area (Å²) in [6.45, 7) is 3.94. The molecule has 0 unspecified atom stereocenters. The normalized spacial score (nSPS) is 10.6. The van der Waals surface area contributed by atoms with Crippen molar-refractivity contribution in [2.75, 3.05) is 0 Å². The van der Waals surface area contributed by atoms with Crippen LogP contribution in [0.2, 0.25) is 0 Å². The minimum Gasteiger partial charge on any atom is -0.488 e. The molecule has 0 aliphatic carbocycles. The minimum atomic E-state index is -0.428. The molecule has 0 saturated carbocycles. The second-order valence-corrected chi connectivity index (χ2v) is 5.41. The van der Waals surface area contributed by atoms with Gasteiger partial charge in [-0.05, 0) is 25.5 Å². The lowest BCUT2D eigenvalue weighted by molar-refractivity contribution is -0.384. The largest absolute Gasteiger partial charge is 0.488 e. The Labute approximate surface area is 138 Å². The molecule has 0 atom stereocenters. The molecular weight excluding hydrogens is 308 g/mol. The fraction of sp³-hybridized carbons (Fsp3) is 0.167. The number of rotatable bonds is 5. The molecule has 0 amide bonds. The standard InChI is InChI=1S/C18H16N2O4/c1-12-18(13(2)24-19-12)16-10-15(20(21)22)8-9-17(16)23-11-14-6-4-3-5-7-14/h3-10H,11H2,1-2H3. The second-order valence-electron chi connectivity index (χ2n) is 5.41. The van der Waals surface area contributed by atoms with Gasteiger partial charge in [0.05, 0.1) is 16.2 Å². The van der Waals surface area contributed by atoms with Gasteiger partial charge in [-0.25, -0.2) is 0 Å². The van der Waals surface area contributed by atoms with E-state index in [1.807, 2.05) is 30.3 Å². The minimum absolute atomic E-state index is 0.00272. The van der Waals surface area contributed by atoms with Crippen LogP contribution in [-0.2, 0) is 6.61 Å². The van der Waals surface area contributed by atoms with Crippen LogP contribution in [-0.4, -0.2) is 10.1 Å². The molecule has 6 nitrogen and oxygen atoms in total. The zero-order chi connectivity index (χ0) is 17.1. The van der Waals surface area contributed by atoms with Crippen LogP contribution in [0.3, 0.4) is 0 Å². The summed E-state index contributed by atoms with van der Waals surface area (Å²) < 4.78 is 11.1. The Hall–Kier alpha value is -3.15. The Morgan fingerprint density at radius 3 is 2.54 bits per heavy atom. The van der Waals surface area contributed by atoms with E-state index >= 15 is 0 Å². The van der Waals surface area contributed by atoms with Crippen LogP contribution >= 0.6 is 0 Å². The van der Waals surface area contributed by atoms with Gasteiger partial charge < -0.3 is 9.26 Å². The van der Waals surface area contributed by atoms with Gasteiger partial charge in [0.1, 0.15) is 18.1 Å². The van der Waals surface area contributed by atoms with Crippen LogP contribution < -0.4 is 4.74 Å². The van der Waals surface area contributed by atoms with E-state index in [0.29, 0.717) is 29.4 Å². The Morgan fingerprint density at radius 2 is 1.92 bits per heavy atom.